The fourth-order valence-electron chi connectivity index (χ4n) is 1.24. The van der Waals surface area contributed by atoms with Gasteiger partial charge in [0.15, 0.2) is 0 Å². The first-order valence-electron chi connectivity index (χ1n) is 4.28. The summed E-state index contributed by atoms with van der Waals surface area (Å²) in [5.41, 5.74) is 0. The lowest BCUT2D eigenvalue weighted by atomic mass is 10.1. The maximum Gasteiger partial charge on any atom is 0.222 e. The smallest absolute Gasteiger partial charge is 0.222 e. The van der Waals surface area contributed by atoms with Gasteiger partial charge in [0, 0.05) is 25.4 Å². The van der Waals surface area contributed by atoms with Crippen molar-refractivity contribution in [2.75, 3.05) is 6.54 Å². The monoisotopic (exact) mass is 170 g/mol. The van der Waals surface area contributed by atoms with Crippen LogP contribution >= 0.6 is 0 Å². The molecular weight excluding hydrogens is 156 g/mol. The van der Waals surface area contributed by atoms with Crippen molar-refractivity contribution in [3.05, 3.63) is 0 Å². The molecule has 1 unspecified atom stereocenters. The highest BCUT2D eigenvalue weighted by atomic mass is 16.2. The summed E-state index contributed by atoms with van der Waals surface area (Å²) < 4.78 is 0. The van der Waals surface area contributed by atoms with Crippen LogP contribution in [0.5, 0.6) is 0 Å². The molecule has 1 fully saturated rings. The second-order valence-electron chi connectivity index (χ2n) is 2.96. The van der Waals surface area contributed by atoms with Crippen LogP contribution in [-0.2, 0) is 9.59 Å². The molecule has 1 aliphatic heterocycles. The van der Waals surface area contributed by atoms with Gasteiger partial charge in [-0.25, -0.2) is 0 Å². The van der Waals surface area contributed by atoms with Crippen LogP contribution in [0.15, 0.2) is 0 Å². The van der Waals surface area contributed by atoms with Crippen molar-refractivity contribution in [2.24, 2.45) is 0 Å². The molecule has 68 valence electrons. The quantitative estimate of drug-likeness (QED) is 0.602. The predicted molar refractivity (Wildman–Crippen MR) is 44.5 cm³/mol. The topological polar surface area (TPSA) is 58.2 Å². The summed E-state index contributed by atoms with van der Waals surface area (Å²) in [5.74, 6) is 0.0531. The Morgan fingerprint density at radius 3 is 3.08 bits per heavy atom. The van der Waals surface area contributed by atoms with Gasteiger partial charge in [0.05, 0.1) is 0 Å². The fraction of sp³-hybridized carbons (Fsp3) is 0.750. The van der Waals surface area contributed by atoms with E-state index in [1.807, 2.05) is 0 Å². The number of piperidine rings is 1. The van der Waals surface area contributed by atoms with Gasteiger partial charge in [-0.05, 0) is 6.42 Å². The molecule has 0 bridgehead atoms. The predicted octanol–water partition coefficient (Wildman–Crippen LogP) is -0.209. The molecule has 4 heteroatoms. The average Bonchev–Trinajstić information content (AvgIpc) is 2.04. The van der Waals surface area contributed by atoms with Gasteiger partial charge in [0.2, 0.25) is 11.8 Å². The van der Waals surface area contributed by atoms with E-state index in [0.29, 0.717) is 19.4 Å². The highest BCUT2D eigenvalue weighted by Crippen LogP contribution is 2.03. The van der Waals surface area contributed by atoms with Crippen LogP contribution in [0.3, 0.4) is 0 Å². The van der Waals surface area contributed by atoms with Gasteiger partial charge in [-0.3, -0.25) is 9.59 Å². The van der Waals surface area contributed by atoms with Gasteiger partial charge < -0.3 is 10.6 Å². The molecule has 2 N–H and O–H groups in total. The molecule has 0 spiro atoms. The Morgan fingerprint density at radius 2 is 2.50 bits per heavy atom. The molecule has 1 heterocycles. The van der Waals surface area contributed by atoms with Crippen molar-refractivity contribution in [1.82, 2.24) is 10.6 Å². The summed E-state index contributed by atoms with van der Waals surface area (Å²) >= 11 is 0. The van der Waals surface area contributed by atoms with Gasteiger partial charge in [-0.1, -0.05) is 6.92 Å². The lowest BCUT2D eigenvalue weighted by molar-refractivity contribution is -0.124. The summed E-state index contributed by atoms with van der Waals surface area (Å²) in [5, 5.41) is 5.51. The normalized spacial score (nSPS) is 23.1. The van der Waals surface area contributed by atoms with Crippen molar-refractivity contribution < 1.29 is 9.59 Å². The molecule has 0 radical (unpaired) electrons. The maximum absolute atomic E-state index is 10.9. The largest absolute Gasteiger partial charge is 0.356 e. The van der Waals surface area contributed by atoms with E-state index >= 15 is 0 Å². The first-order chi connectivity index (χ1) is 5.72. The minimum atomic E-state index is 0.0229. The lowest BCUT2D eigenvalue weighted by Gasteiger charge is -2.22. The third kappa shape index (κ3) is 2.53. The van der Waals surface area contributed by atoms with Crippen LogP contribution in [0.25, 0.3) is 0 Å². The highest BCUT2D eigenvalue weighted by molar-refractivity contribution is 5.80. The van der Waals surface area contributed by atoms with E-state index in [1.165, 1.54) is 0 Å². The number of hydrogen-bond donors (Lipinski definition) is 2. The molecule has 0 saturated carbocycles. The Hall–Kier alpha value is -1.06. The summed E-state index contributed by atoms with van der Waals surface area (Å²) in [6, 6.07) is 0.0474. The second kappa shape index (κ2) is 4.09. The number of hydrogen-bond acceptors (Lipinski definition) is 2. The Balaban J connectivity index is 2.32. The third-order valence-corrected chi connectivity index (χ3v) is 1.93. The van der Waals surface area contributed by atoms with E-state index in [0.717, 1.165) is 6.42 Å². The number of carbonyl (C=O) groups is 2. The molecule has 12 heavy (non-hydrogen) atoms. The SMILES string of the molecule is CCC(=O)NC1CCNC(=O)C1. The van der Waals surface area contributed by atoms with Crippen LogP contribution in [-0.4, -0.2) is 24.4 Å². The molecule has 0 aromatic rings. The minimum absolute atomic E-state index is 0.0229. The molecule has 1 saturated heterocycles. The molecular formula is C8H14N2O2. The van der Waals surface area contributed by atoms with Gasteiger partial charge in [-0.2, -0.15) is 0 Å². The first-order valence-corrected chi connectivity index (χ1v) is 4.28. The number of carbonyl (C=O) groups excluding carboxylic acids is 2. The molecule has 0 aliphatic carbocycles. The fourth-order valence-corrected chi connectivity index (χ4v) is 1.24. The summed E-state index contributed by atoms with van der Waals surface area (Å²) in [6.45, 7) is 2.48. The number of nitrogens with one attached hydrogen (secondary N) is 2. The van der Waals surface area contributed by atoms with Crippen LogP contribution < -0.4 is 10.6 Å². The molecule has 2 amide bonds. The number of amides is 2. The summed E-state index contributed by atoms with van der Waals surface area (Å²) in [6.07, 6.45) is 1.75. The van der Waals surface area contributed by atoms with Gasteiger partial charge in [0.25, 0.3) is 0 Å². The summed E-state index contributed by atoms with van der Waals surface area (Å²) in [4.78, 5) is 21.8. The van der Waals surface area contributed by atoms with E-state index < -0.39 is 0 Å². The van der Waals surface area contributed by atoms with Crippen molar-refractivity contribution in [1.29, 1.82) is 0 Å². The number of rotatable bonds is 2. The standard InChI is InChI=1S/C8H14N2O2/c1-2-7(11)10-6-3-4-9-8(12)5-6/h6H,2-5H2,1H3,(H,9,12)(H,10,11). The molecule has 1 rings (SSSR count). The Morgan fingerprint density at radius 1 is 1.75 bits per heavy atom. The zero-order valence-electron chi connectivity index (χ0n) is 7.22. The first kappa shape index (κ1) is 9.03. The van der Waals surface area contributed by atoms with E-state index in [4.69, 9.17) is 0 Å². The Labute approximate surface area is 71.7 Å². The second-order valence-corrected chi connectivity index (χ2v) is 2.96. The van der Waals surface area contributed by atoms with Crippen molar-refractivity contribution in [2.45, 2.75) is 32.2 Å². The van der Waals surface area contributed by atoms with Crippen molar-refractivity contribution in [3.8, 4) is 0 Å². The van der Waals surface area contributed by atoms with Gasteiger partial charge >= 0.3 is 0 Å². The van der Waals surface area contributed by atoms with Crippen molar-refractivity contribution >= 4 is 11.8 Å². The van der Waals surface area contributed by atoms with Crippen LogP contribution in [0.2, 0.25) is 0 Å². The molecule has 4 nitrogen and oxygen atoms in total. The molecule has 1 atom stereocenters. The molecule has 0 aromatic heterocycles. The van der Waals surface area contributed by atoms with Crippen LogP contribution in [0.1, 0.15) is 26.2 Å². The maximum atomic E-state index is 10.9. The minimum Gasteiger partial charge on any atom is -0.356 e. The molecule has 1 aliphatic rings. The van der Waals surface area contributed by atoms with Crippen molar-refractivity contribution in [3.63, 3.8) is 0 Å². The van der Waals surface area contributed by atoms with E-state index in [-0.39, 0.29) is 17.9 Å². The van der Waals surface area contributed by atoms with Gasteiger partial charge in [-0.15, -0.1) is 0 Å². The molecule has 0 aromatic carbocycles. The van der Waals surface area contributed by atoms with E-state index in [1.54, 1.807) is 6.92 Å². The zero-order chi connectivity index (χ0) is 8.97. The summed E-state index contributed by atoms with van der Waals surface area (Å²) in [7, 11) is 0. The average molecular weight is 170 g/mol. The zero-order valence-corrected chi connectivity index (χ0v) is 7.22. The third-order valence-electron chi connectivity index (χ3n) is 1.93. The Bertz CT molecular complexity index is 191. The highest BCUT2D eigenvalue weighted by Gasteiger charge is 2.19. The van der Waals surface area contributed by atoms with Gasteiger partial charge in [0.1, 0.15) is 0 Å². The lowest BCUT2D eigenvalue weighted by Crippen LogP contribution is -2.45. The van der Waals surface area contributed by atoms with E-state index in [2.05, 4.69) is 10.6 Å². The van der Waals surface area contributed by atoms with E-state index in [9.17, 15) is 9.59 Å². The van der Waals surface area contributed by atoms with Crippen LogP contribution in [0, 0.1) is 0 Å². The Kier molecular flexibility index (Phi) is 3.08. The van der Waals surface area contributed by atoms with Crippen LogP contribution in [0.4, 0.5) is 0 Å².